The van der Waals surface area contributed by atoms with E-state index < -0.39 is 7.65 Å². The van der Waals surface area contributed by atoms with Crippen molar-refractivity contribution in [3.8, 4) is 0 Å². The summed E-state index contributed by atoms with van der Waals surface area (Å²) in [6.07, 6.45) is 2.91. The maximum atomic E-state index is 6.27. The van der Waals surface area contributed by atoms with Gasteiger partial charge in [-0.25, -0.2) is 4.67 Å². The lowest BCUT2D eigenvalue weighted by Gasteiger charge is -2.33. The van der Waals surface area contributed by atoms with Gasteiger partial charge >= 0.3 is 0 Å². The normalized spacial score (nSPS) is 21.7. The van der Waals surface area contributed by atoms with Crippen molar-refractivity contribution < 1.29 is 4.52 Å². The van der Waals surface area contributed by atoms with Gasteiger partial charge in [-0.2, -0.15) is 0 Å². The van der Waals surface area contributed by atoms with E-state index in [1.165, 1.54) is 0 Å². The third-order valence-corrected chi connectivity index (χ3v) is 4.71. The fraction of sp³-hybridized carbons (Fsp3) is 0.900. The van der Waals surface area contributed by atoms with Crippen molar-refractivity contribution in [3.05, 3.63) is 0 Å². The van der Waals surface area contributed by atoms with Crippen LogP contribution >= 0.6 is 18.9 Å². The highest BCUT2D eigenvalue weighted by atomic mass is 35.7. The largest absolute Gasteiger partial charge is 0.331 e. The first kappa shape index (κ1) is 13.4. The average molecular weight is 251 g/mol. The molecule has 0 amide bonds. The molecule has 15 heavy (non-hydrogen) atoms. The van der Waals surface area contributed by atoms with Gasteiger partial charge < -0.3 is 4.52 Å². The van der Waals surface area contributed by atoms with Crippen molar-refractivity contribution in [2.24, 2.45) is 4.99 Å². The predicted octanol–water partition coefficient (Wildman–Crippen LogP) is 3.43. The Hall–Kier alpha value is 0.310. The second-order valence-electron chi connectivity index (χ2n) is 4.28. The number of hydrogen-bond donors (Lipinski definition) is 0. The van der Waals surface area contributed by atoms with E-state index in [0.29, 0.717) is 24.7 Å². The van der Waals surface area contributed by atoms with E-state index in [4.69, 9.17) is 15.8 Å². The number of halogens is 1. The summed E-state index contributed by atoms with van der Waals surface area (Å²) >= 11 is 6.27. The van der Waals surface area contributed by atoms with Gasteiger partial charge in [0.1, 0.15) is 0 Å². The van der Waals surface area contributed by atoms with Crippen LogP contribution in [0.3, 0.4) is 0 Å². The van der Waals surface area contributed by atoms with Gasteiger partial charge in [-0.05, 0) is 45.4 Å². The van der Waals surface area contributed by atoms with Gasteiger partial charge in [0.05, 0.1) is 12.6 Å². The molecule has 1 aliphatic rings. The van der Waals surface area contributed by atoms with Crippen molar-refractivity contribution >= 4 is 25.1 Å². The summed E-state index contributed by atoms with van der Waals surface area (Å²) in [7, 11) is -0.976. The molecule has 0 spiro atoms. The Morgan fingerprint density at radius 3 is 2.33 bits per heavy atom. The highest BCUT2D eigenvalue weighted by Crippen LogP contribution is 2.49. The SMILES string of the molecule is CC(C)N(C(C)C)P(Cl)OCCC1C=N1. The molecular formula is C10H20ClN2OP. The number of aliphatic imine (C=N–C) groups is 1. The zero-order valence-corrected chi connectivity index (χ0v) is 11.5. The van der Waals surface area contributed by atoms with Crippen LogP contribution in [0.4, 0.5) is 0 Å². The van der Waals surface area contributed by atoms with E-state index in [1.807, 2.05) is 6.21 Å². The Labute approximate surface area is 98.5 Å². The molecule has 1 aliphatic heterocycles. The van der Waals surface area contributed by atoms with Gasteiger partial charge in [0, 0.05) is 18.3 Å². The van der Waals surface area contributed by atoms with Crippen LogP contribution in [0, 0.1) is 0 Å². The van der Waals surface area contributed by atoms with Gasteiger partial charge in [0.15, 0.2) is 0 Å². The van der Waals surface area contributed by atoms with E-state index in [1.54, 1.807) is 0 Å². The molecule has 1 heterocycles. The second kappa shape index (κ2) is 6.15. The molecule has 0 aromatic rings. The van der Waals surface area contributed by atoms with Crippen LogP contribution < -0.4 is 0 Å². The first-order valence-electron chi connectivity index (χ1n) is 5.42. The van der Waals surface area contributed by atoms with Crippen molar-refractivity contribution in [3.63, 3.8) is 0 Å². The summed E-state index contributed by atoms with van der Waals surface area (Å²) in [6, 6.07) is 1.27. The van der Waals surface area contributed by atoms with E-state index in [-0.39, 0.29) is 0 Å². The molecule has 0 fully saturated rings. The first-order chi connectivity index (χ1) is 7.02. The number of rotatable bonds is 7. The van der Waals surface area contributed by atoms with Gasteiger partial charge in [0.25, 0.3) is 0 Å². The Morgan fingerprint density at radius 1 is 1.40 bits per heavy atom. The standard InChI is InChI=1S/C10H20ClN2OP/c1-8(2)13(9(3)4)15(11)14-6-5-10-7-12-10/h7-10H,5-6H2,1-4H3. The lowest BCUT2D eigenvalue weighted by molar-refractivity contribution is 0.261. The van der Waals surface area contributed by atoms with Crippen molar-refractivity contribution in [2.75, 3.05) is 6.61 Å². The molecule has 0 aromatic heterocycles. The van der Waals surface area contributed by atoms with Gasteiger partial charge in [-0.15, -0.1) is 0 Å². The topological polar surface area (TPSA) is 24.8 Å². The lowest BCUT2D eigenvalue weighted by atomic mass is 10.3. The Balaban J connectivity index is 2.24. The maximum absolute atomic E-state index is 6.27. The zero-order chi connectivity index (χ0) is 11.4. The summed E-state index contributed by atoms with van der Waals surface area (Å²) in [6.45, 7) is 9.28. The summed E-state index contributed by atoms with van der Waals surface area (Å²) in [5.74, 6) is 0. The molecule has 2 unspecified atom stereocenters. The van der Waals surface area contributed by atoms with Gasteiger partial charge in [-0.3, -0.25) is 4.99 Å². The second-order valence-corrected chi connectivity index (χ2v) is 6.32. The van der Waals surface area contributed by atoms with Crippen molar-refractivity contribution in [1.29, 1.82) is 0 Å². The lowest BCUT2D eigenvalue weighted by Crippen LogP contribution is -2.31. The molecule has 88 valence electrons. The summed E-state index contributed by atoms with van der Waals surface area (Å²) < 4.78 is 7.87. The van der Waals surface area contributed by atoms with E-state index in [0.717, 1.165) is 6.42 Å². The zero-order valence-electron chi connectivity index (χ0n) is 9.85. The third kappa shape index (κ3) is 4.78. The molecule has 0 aliphatic carbocycles. The summed E-state index contributed by atoms with van der Waals surface area (Å²) in [5.41, 5.74) is 0. The van der Waals surface area contributed by atoms with Crippen LogP contribution in [-0.4, -0.2) is 35.6 Å². The first-order valence-corrected chi connectivity index (χ1v) is 7.54. The Kier molecular flexibility index (Phi) is 5.48. The van der Waals surface area contributed by atoms with Crippen LogP contribution in [0.25, 0.3) is 0 Å². The van der Waals surface area contributed by atoms with E-state index in [2.05, 4.69) is 37.4 Å². The molecule has 2 atom stereocenters. The van der Waals surface area contributed by atoms with Crippen LogP contribution in [0.15, 0.2) is 4.99 Å². The summed E-state index contributed by atoms with van der Waals surface area (Å²) in [5, 5.41) is 0. The average Bonchev–Trinajstić information content (AvgIpc) is 2.86. The van der Waals surface area contributed by atoms with Crippen LogP contribution in [0.1, 0.15) is 34.1 Å². The minimum absolute atomic E-state index is 0.422. The molecule has 0 aromatic carbocycles. The fourth-order valence-electron chi connectivity index (χ4n) is 1.48. The van der Waals surface area contributed by atoms with Crippen LogP contribution in [0.5, 0.6) is 0 Å². The van der Waals surface area contributed by atoms with Gasteiger partial charge in [-0.1, -0.05) is 0 Å². The minimum atomic E-state index is -0.976. The summed E-state index contributed by atoms with van der Waals surface area (Å²) in [4.78, 5) is 4.06. The molecule has 0 saturated carbocycles. The fourth-order valence-corrected chi connectivity index (χ4v) is 3.85. The Morgan fingerprint density at radius 2 is 1.93 bits per heavy atom. The van der Waals surface area contributed by atoms with Crippen LogP contribution in [0.2, 0.25) is 0 Å². The molecule has 0 N–H and O–H groups in total. The van der Waals surface area contributed by atoms with Gasteiger partial charge in [0.2, 0.25) is 7.65 Å². The molecule has 0 bridgehead atoms. The van der Waals surface area contributed by atoms with E-state index >= 15 is 0 Å². The minimum Gasteiger partial charge on any atom is -0.331 e. The number of hydrogen-bond acceptors (Lipinski definition) is 3. The smallest absolute Gasteiger partial charge is 0.207 e. The van der Waals surface area contributed by atoms with Crippen molar-refractivity contribution in [2.45, 2.75) is 52.2 Å². The molecule has 1 rings (SSSR count). The quantitative estimate of drug-likeness (QED) is 0.647. The predicted molar refractivity (Wildman–Crippen MR) is 67.7 cm³/mol. The molecule has 0 saturated heterocycles. The highest BCUT2D eigenvalue weighted by Gasteiger charge is 2.24. The van der Waals surface area contributed by atoms with E-state index in [9.17, 15) is 0 Å². The molecule has 3 nitrogen and oxygen atoms in total. The molecule has 0 radical (unpaired) electrons. The van der Waals surface area contributed by atoms with Crippen LogP contribution in [-0.2, 0) is 4.52 Å². The third-order valence-electron chi connectivity index (χ3n) is 2.21. The number of nitrogens with zero attached hydrogens (tertiary/aromatic N) is 2. The molecular weight excluding hydrogens is 231 g/mol. The monoisotopic (exact) mass is 250 g/mol. The highest BCUT2D eigenvalue weighted by molar-refractivity contribution is 7.78. The Bertz CT molecular complexity index is 209. The van der Waals surface area contributed by atoms with Crippen molar-refractivity contribution in [1.82, 2.24) is 4.67 Å². The maximum Gasteiger partial charge on any atom is 0.207 e. The molecule has 5 heteroatoms.